The zero-order chi connectivity index (χ0) is 15.6. The van der Waals surface area contributed by atoms with Crippen LogP contribution in [-0.4, -0.2) is 23.4 Å². The molecule has 1 aromatic rings. The van der Waals surface area contributed by atoms with Crippen molar-refractivity contribution in [2.24, 2.45) is 10.6 Å². The highest BCUT2D eigenvalue weighted by molar-refractivity contribution is 7.89. The summed E-state index contributed by atoms with van der Waals surface area (Å²) in [6, 6.07) is 4.80. The molecule has 0 aliphatic heterocycles. The van der Waals surface area contributed by atoms with Crippen LogP contribution < -0.4 is 9.86 Å². The first-order chi connectivity index (χ1) is 8.98. The van der Waals surface area contributed by atoms with Crippen LogP contribution in [0.2, 0.25) is 0 Å². The molecule has 0 saturated carbocycles. The maximum atomic E-state index is 12.1. The number of sulfonamides is 2. The highest BCUT2D eigenvalue weighted by atomic mass is 32.2. The molecule has 0 heterocycles. The molecule has 0 spiro atoms. The Labute approximate surface area is 120 Å². The van der Waals surface area contributed by atoms with Gasteiger partial charge in [0.2, 0.25) is 20.0 Å². The fourth-order valence-corrected chi connectivity index (χ4v) is 3.06. The van der Waals surface area contributed by atoms with Gasteiger partial charge in [-0.3, -0.25) is 0 Å². The van der Waals surface area contributed by atoms with Gasteiger partial charge in [0, 0.05) is 6.54 Å². The third-order valence-electron chi connectivity index (χ3n) is 3.16. The van der Waals surface area contributed by atoms with E-state index in [1.54, 1.807) is 0 Å². The molecule has 0 bridgehead atoms. The number of hydrogen-bond acceptors (Lipinski definition) is 4. The lowest BCUT2D eigenvalue weighted by atomic mass is 9.91. The van der Waals surface area contributed by atoms with Gasteiger partial charge in [-0.2, -0.15) is 0 Å². The molecule has 114 valence electrons. The van der Waals surface area contributed by atoms with Gasteiger partial charge in [0.05, 0.1) is 9.79 Å². The Morgan fingerprint density at radius 2 is 1.50 bits per heavy atom. The summed E-state index contributed by atoms with van der Waals surface area (Å²) in [4.78, 5) is -0.109. The minimum atomic E-state index is -3.82. The molecular formula is C12H20N2O4S2. The van der Waals surface area contributed by atoms with E-state index in [0.29, 0.717) is 6.54 Å². The van der Waals surface area contributed by atoms with Gasteiger partial charge >= 0.3 is 0 Å². The lowest BCUT2D eigenvalue weighted by molar-refractivity contribution is 0.350. The summed E-state index contributed by atoms with van der Waals surface area (Å²) in [5.74, 6) is 0. The molecule has 0 fully saturated rings. The van der Waals surface area contributed by atoms with E-state index in [4.69, 9.17) is 5.14 Å². The van der Waals surface area contributed by atoms with Crippen molar-refractivity contribution in [3.8, 4) is 0 Å². The van der Waals surface area contributed by atoms with Crippen LogP contribution in [0.5, 0.6) is 0 Å². The lowest BCUT2D eigenvalue weighted by Crippen LogP contribution is -2.33. The van der Waals surface area contributed by atoms with Crippen molar-refractivity contribution in [3.05, 3.63) is 24.3 Å². The Balaban J connectivity index is 2.94. The quantitative estimate of drug-likeness (QED) is 0.817. The Hall–Kier alpha value is -0.960. The van der Waals surface area contributed by atoms with E-state index in [1.165, 1.54) is 24.3 Å². The minimum Gasteiger partial charge on any atom is -0.225 e. The molecule has 0 aromatic heterocycles. The molecule has 0 atom stereocenters. The Kier molecular flexibility index (Phi) is 4.96. The topological polar surface area (TPSA) is 106 Å². The first-order valence-electron chi connectivity index (χ1n) is 6.10. The van der Waals surface area contributed by atoms with Crippen LogP contribution in [-0.2, 0) is 20.0 Å². The van der Waals surface area contributed by atoms with E-state index in [2.05, 4.69) is 4.72 Å². The molecule has 1 rings (SSSR count). The summed E-state index contributed by atoms with van der Waals surface area (Å²) in [5.41, 5.74) is -0.145. The molecule has 0 unspecified atom stereocenters. The van der Waals surface area contributed by atoms with Gasteiger partial charge in [0.1, 0.15) is 0 Å². The van der Waals surface area contributed by atoms with E-state index in [1.807, 2.05) is 20.8 Å². The average Bonchev–Trinajstić information content (AvgIpc) is 2.36. The summed E-state index contributed by atoms with van der Waals surface area (Å²) in [7, 11) is -7.47. The van der Waals surface area contributed by atoms with Crippen molar-refractivity contribution in [1.82, 2.24) is 4.72 Å². The van der Waals surface area contributed by atoms with E-state index in [-0.39, 0.29) is 15.2 Å². The second-order valence-corrected chi connectivity index (χ2v) is 8.69. The number of primary sulfonamides is 1. The van der Waals surface area contributed by atoms with Crippen LogP contribution >= 0.6 is 0 Å². The van der Waals surface area contributed by atoms with E-state index >= 15 is 0 Å². The van der Waals surface area contributed by atoms with Crippen LogP contribution in [0.1, 0.15) is 27.2 Å². The van der Waals surface area contributed by atoms with Crippen molar-refractivity contribution >= 4 is 20.0 Å². The smallest absolute Gasteiger partial charge is 0.225 e. The molecule has 6 nitrogen and oxygen atoms in total. The highest BCUT2D eigenvalue weighted by Gasteiger charge is 2.21. The molecule has 20 heavy (non-hydrogen) atoms. The number of rotatable bonds is 6. The fourth-order valence-electron chi connectivity index (χ4n) is 1.31. The Bertz CT molecular complexity index is 662. The minimum absolute atomic E-state index is 0.0109. The molecule has 0 saturated heterocycles. The summed E-state index contributed by atoms with van der Waals surface area (Å²) < 4.78 is 48.8. The molecular weight excluding hydrogens is 300 g/mol. The van der Waals surface area contributed by atoms with Crippen LogP contribution in [0.3, 0.4) is 0 Å². The standard InChI is InChI=1S/C12H20N2O4S2/c1-4-12(2,3)9-14-20(17,18)11-7-5-10(6-8-11)19(13,15)16/h5-8,14H,4,9H2,1-3H3,(H2,13,15,16). The summed E-state index contributed by atoms with van der Waals surface area (Å²) >= 11 is 0. The molecule has 1 aromatic carbocycles. The molecule has 3 N–H and O–H groups in total. The zero-order valence-electron chi connectivity index (χ0n) is 11.8. The summed E-state index contributed by atoms with van der Waals surface area (Å²) in [6.07, 6.45) is 0.833. The number of hydrogen-bond donors (Lipinski definition) is 2. The maximum Gasteiger partial charge on any atom is 0.240 e. The summed E-state index contributed by atoms with van der Waals surface area (Å²) in [6.45, 7) is 6.21. The predicted molar refractivity (Wildman–Crippen MR) is 77.1 cm³/mol. The van der Waals surface area contributed by atoms with Crippen molar-refractivity contribution in [2.75, 3.05) is 6.54 Å². The largest absolute Gasteiger partial charge is 0.240 e. The van der Waals surface area contributed by atoms with Crippen LogP contribution in [0.15, 0.2) is 34.1 Å². The second-order valence-electron chi connectivity index (χ2n) is 5.36. The molecule has 8 heteroatoms. The average molecular weight is 320 g/mol. The predicted octanol–water partition coefficient (Wildman–Crippen LogP) is 1.05. The van der Waals surface area contributed by atoms with E-state index in [9.17, 15) is 16.8 Å². The van der Waals surface area contributed by atoms with Crippen LogP contribution in [0.25, 0.3) is 0 Å². The van der Waals surface area contributed by atoms with E-state index in [0.717, 1.165) is 6.42 Å². The second kappa shape index (κ2) is 5.80. The van der Waals surface area contributed by atoms with Crippen LogP contribution in [0, 0.1) is 5.41 Å². The molecule has 0 aliphatic rings. The monoisotopic (exact) mass is 320 g/mol. The zero-order valence-corrected chi connectivity index (χ0v) is 13.4. The van der Waals surface area contributed by atoms with Crippen molar-refractivity contribution in [3.63, 3.8) is 0 Å². The Morgan fingerprint density at radius 3 is 1.90 bits per heavy atom. The fraction of sp³-hybridized carbons (Fsp3) is 0.500. The molecule has 0 radical (unpaired) electrons. The van der Waals surface area contributed by atoms with Crippen molar-refractivity contribution in [2.45, 2.75) is 37.0 Å². The van der Waals surface area contributed by atoms with Gasteiger partial charge in [-0.25, -0.2) is 26.7 Å². The summed E-state index contributed by atoms with van der Waals surface area (Å²) in [5, 5.41) is 4.96. The van der Waals surface area contributed by atoms with Gasteiger partial charge in [0.25, 0.3) is 0 Å². The SMILES string of the molecule is CCC(C)(C)CNS(=O)(=O)c1ccc(S(N)(=O)=O)cc1. The third kappa shape index (κ3) is 4.55. The van der Waals surface area contributed by atoms with Gasteiger partial charge in [-0.1, -0.05) is 20.8 Å². The van der Waals surface area contributed by atoms with Gasteiger partial charge < -0.3 is 0 Å². The van der Waals surface area contributed by atoms with Crippen LogP contribution in [0.4, 0.5) is 0 Å². The number of nitrogens with one attached hydrogen (secondary N) is 1. The van der Waals surface area contributed by atoms with E-state index < -0.39 is 20.0 Å². The first-order valence-corrected chi connectivity index (χ1v) is 9.13. The molecule has 0 aliphatic carbocycles. The first kappa shape index (κ1) is 17.1. The van der Waals surface area contributed by atoms with Gasteiger partial charge in [0.15, 0.2) is 0 Å². The van der Waals surface area contributed by atoms with Gasteiger partial charge in [-0.15, -0.1) is 0 Å². The van der Waals surface area contributed by atoms with Crippen molar-refractivity contribution < 1.29 is 16.8 Å². The lowest BCUT2D eigenvalue weighted by Gasteiger charge is -2.22. The third-order valence-corrected chi connectivity index (χ3v) is 5.51. The molecule has 0 amide bonds. The number of benzene rings is 1. The number of nitrogens with two attached hydrogens (primary N) is 1. The Morgan fingerprint density at radius 1 is 1.05 bits per heavy atom. The van der Waals surface area contributed by atoms with Crippen molar-refractivity contribution in [1.29, 1.82) is 0 Å². The highest BCUT2D eigenvalue weighted by Crippen LogP contribution is 2.19. The maximum absolute atomic E-state index is 12.1. The normalized spacial score (nSPS) is 13.4. The van der Waals surface area contributed by atoms with Gasteiger partial charge in [-0.05, 0) is 36.1 Å².